The molecule has 23 heavy (non-hydrogen) atoms. The highest BCUT2D eigenvalue weighted by Gasteiger charge is 2.36. The lowest BCUT2D eigenvalue weighted by Gasteiger charge is -2.33. The highest BCUT2D eigenvalue weighted by molar-refractivity contribution is 5.32. The van der Waals surface area contributed by atoms with Gasteiger partial charge in [-0.1, -0.05) is 18.2 Å². The average Bonchev–Trinajstić information content (AvgIpc) is 2.92. The van der Waals surface area contributed by atoms with Crippen molar-refractivity contribution < 1.29 is 17.9 Å². The summed E-state index contributed by atoms with van der Waals surface area (Å²) in [6.07, 6.45) is -1.39. The Bertz CT molecular complexity index is 669. The third-order valence-electron chi connectivity index (χ3n) is 4.05. The molecule has 0 unspecified atom stereocenters. The molecule has 1 aliphatic rings. The van der Waals surface area contributed by atoms with Crippen molar-refractivity contribution >= 4 is 0 Å². The van der Waals surface area contributed by atoms with E-state index < -0.39 is 17.8 Å². The lowest BCUT2D eigenvalue weighted by Crippen LogP contribution is -2.39. The first kappa shape index (κ1) is 16.0. The number of aryl methyl sites for hydroxylation is 1. The molecule has 1 atom stereocenters. The number of hydrogen-bond acceptors (Lipinski definition) is 3. The van der Waals surface area contributed by atoms with Crippen LogP contribution in [0.2, 0.25) is 0 Å². The van der Waals surface area contributed by atoms with Crippen molar-refractivity contribution in [2.75, 3.05) is 19.7 Å². The Morgan fingerprint density at radius 3 is 2.78 bits per heavy atom. The summed E-state index contributed by atoms with van der Waals surface area (Å²) in [6, 6.07) is 5.63. The van der Waals surface area contributed by atoms with Gasteiger partial charge in [-0.3, -0.25) is 4.90 Å². The Balaban J connectivity index is 1.78. The molecule has 0 N–H and O–H groups in total. The van der Waals surface area contributed by atoms with Crippen molar-refractivity contribution in [1.29, 1.82) is 0 Å². The Labute approximate surface area is 132 Å². The predicted octanol–water partition coefficient (Wildman–Crippen LogP) is 3.01. The van der Waals surface area contributed by atoms with E-state index in [4.69, 9.17) is 4.74 Å². The van der Waals surface area contributed by atoms with E-state index in [1.54, 1.807) is 12.3 Å². The number of hydrogen-bond donors (Lipinski definition) is 0. The van der Waals surface area contributed by atoms with Gasteiger partial charge in [0.15, 0.2) is 0 Å². The first-order valence-corrected chi connectivity index (χ1v) is 7.41. The van der Waals surface area contributed by atoms with E-state index in [1.165, 1.54) is 12.1 Å². The summed E-state index contributed by atoms with van der Waals surface area (Å²) >= 11 is 0. The molecule has 0 saturated carbocycles. The minimum atomic E-state index is -4.37. The summed E-state index contributed by atoms with van der Waals surface area (Å²) in [6.45, 7) is 2.09. The van der Waals surface area contributed by atoms with Crippen LogP contribution in [-0.2, 0) is 24.5 Å². The van der Waals surface area contributed by atoms with Crippen LogP contribution < -0.4 is 0 Å². The molecule has 0 amide bonds. The van der Waals surface area contributed by atoms with Crippen molar-refractivity contribution in [3.05, 3.63) is 53.6 Å². The van der Waals surface area contributed by atoms with E-state index in [0.717, 1.165) is 11.9 Å². The molecule has 0 radical (unpaired) electrons. The van der Waals surface area contributed by atoms with Crippen LogP contribution in [0.15, 0.2) is 36.7 Å². The maximum atomic E-state index is 13.2. The number of imidazole rings is 1. The fourth-order valence-electron chi connectivity index (χ4n) is 2.82. The lowest BCUT2D eigenvalue weighted by atomic mass is 10.0. The van der Waals surface area contributed by atoms with Crippen LogP contribution in [0.1, 0.15) is 23.1 Å². The molecular weight excluding hydrogens is 307 g/mol. The summed E-state index contributed by atoms with van der Waals surface area (Å²) in [5.74, 6) is 0.884. The molecular formula is C16H18F3N3O. The van der Waals surface area contributed by atoms with E-state index in [-0.39, 0.29) is 5.56 Å². The van der Waals surface area contributed by atoms with Gasteiger partial charge in [-0.2, -0.15) is 13.2 Å². The first-order valence-electron chi connectivity index (χ1n) is 7.41. The largest absolute Gasteiger partial charge is 0.416 e. The monoisotopic (exact) mass is 325 g/mol. The van der Waals surface area contributed by atoms with Crippen molar-refractivity contribution in [3.8, 4) is 0 Å². The molecule has 1 saturated heterocycles. The van der Waals surface area contributed by atoms with Crippen molar-refractivity contribution in [2.45, 2.75) is 18.8 Å². The summed E-state index contributed by atoms with van der Waals surface area (Å²) in [7, 11) is 1.90. The zero-order chi connectivity index (χ0) is 16.4. The number of rotatable bonds is 3. The average molecular weight is 325 g/mol. The van der Waals surface area contributed by atoms with Crippen LogP contribution in [0.4, 0.5) is 13.2 Å². The Morgan fingerprint density at radius 2 is 2.09 bits per heavy atom. The second kappa shape index (κ2) is 6.33. The second-order valence-electron chi connectivity index (χ2n) is 5.63. The van der Waals surface area contributed by atoms with Gasteiger partial charge in [-0.05, 0) is 11.6 Å². The molecule has 1 aromatic carbocycles. The van der Waals surface area contributed by atoms with Gasteiger partial charge in [-0.15, -0.1) is 0 Å². The second-order valence-corrected chi connectivity index (χ2v) is 5.63. The fraction of sp³-hybridized carbons (Fsp3) is 0.438. The van der Waals surface area contributed by atoms with Gasteiger partial charge in [0, 0.05) is 32.5 Å². The number of nitrogens with zero attached hydrogens (tertiary/aromatic N) is 3. The van der Waals surface area contributed by atoms with E-state index >= 15 is 0 Å². The smallest absolute Gasteiger partial charge is 0.371 e. The zero-order valence-corrected chi connectivity index (χ0v) is 12.8. The number of halogens is 3. The molecule has 3 rings (SSSR count). The van der Waals surface area contributed by atoms with Gasteiger partial charge < -0.3 is 9.30 Å². The minimum Gasteiger partial charge on any atom is -0.371 e. The Morgan fingerprint density at radius 1 is 1.30 bits per heavy atom. The predicted molar refractivity (Wildman–Crippen MR) is 78.6 cm³/mol. The number of benzene rings is 1. The molecule has 2 aromatic rings. The SMILES string of the molecule is Cn1ccnc1CN1CCO[C@@H](c2ccccc2C(F)(F)F)C1. The van der Waals surface area contributed by atoms with E-state index in [9.17, 15) is 13.2 Å². The first-order chi connectivity index (χ1) is 10.9. The standard InChI is InChI=1S/C16H18F3N3O/c1-21-7-6-20-15(21)11-22-8-9-23-14(10-22)12-4-2-3-5-13(12)16(17,18)19/h2-7,14H,8-11H2,1H3/t14-/m1/s1. The van der Waals surface area contributed by atoms with E-state index in [2.05, 4.69) is 9.88 Å². The van der Waals surface area contributed by atoms with Gasteiger partial charge in [0.05, 0.1) is 24.8 Å². The number of alkyl halides is 3. The maximum absolute atomic E-state index is 13.2. The molecule has 1 fully saturated rings. The van der Waals surface area contributed by atoms with E-state index in [1.807, 2.05) is 17.8 Å². The van der Waals surface area contributed by atoms with Gasteiger partial charge in [-0.25, -0.2) is 4.98 Å². The lowest BCUT2D eigenvalue weighted by molar-refractivity contribution is -0.140. The van der Waals surface area contributed by atoms with Crippen LogP contribution in [0, 0.1) is 0 Å². The molecule has 124 valence electrons. The highest BCUT2D eigenvalue weighted by atomic mass is 19.4. The van der Waals surface area contributed by atoms with Crippen molar-refractivity contribution in [2.24, 2.45) is 7.05 Å². The van der Waals surface area contributed by atoms with Gasteiger partial charge >= 0.3 is 6.18 Å². The molecule has 0 aliphatic carbocycles. The minimum absolute atomic E-state index is 0.199. The number of morpholine rings is 1. The molecule has 4 nitrogen and oxygen atoms in total. The van der Waals surface area contributed by atoms with Gasteiger partial charge in [0.1, 0.15) is 5.82 Å². The maximum Gasteiger partial charge on any atom is 0.416 e. The van der Waals surface area contributed by atoms with Crippen LogP contribution in [0.3, 0.4) is 0 Å². The molecule has 2 heterocycles. The normalized spacial score (nSPS) is 19.9. The number of ether oxygens (including phenoxy) is 1. The molecule has 0 bridgehead atoms. The fourth-order valence-corrected chi connectivity index (χ4v) is 2.82. The van der Waals surface area contributed by atoms with Crippen LogP contribution >= 0.6 is 0 Å². The van der Waals surface area contributed by atoms with E-state index in [0.29, 0.717) is 26.2 Å². The van der Waals surface area contributed by atoms with Crippen LogP contribution in [0.5, 0.6) is 0 Å². The Hall–Kier alpha value is -1.86. The zero-order valence-electron chi connectivity index (χ0n) is 12.8. The summed E-state index contributed by atoms with van der Waals surface area (Å²) in [5.41, 5.74) is -0.423. The topological polar surface area (TPSA) is 30.3 Å². The third kappa shape index (κ3) is 3.56. The third-order valence-corrected chi connectivity index (χ3v) is 4.05. The van der Waals surface area contributed by atoms with Gasteiger partial charge in [0.2, 0.25) is 0 Å². The summed E-state index contributed by atoms with van der Waals surface area (Å²) in [4.78, 5) is 6.34. The quantitative estimate of drug-likeness (QED) is 0.869. The van der Waals surface area contributed by atoms with Crippen molar-refractivity contribution in [3.63, 3.8) is 0 Å². The Kier molecular flexibility index (Phi) is 4.41. The van der Waals surface area contributed by atoms with Gasteiger partial charge in [0.25, 0.3) is 0 Å². The summed E-state index contributed by atoms with van der Waals surface area (Å²) < 4.78 is 47.0. The molecule has 7 heteroatoms. The molecule has 1 aromatic heterocycles. The summed E-state index contributed by atoms with van der Waals surface area (Å²) in [5, 5.41) is 0. The number of aromatic nitrogens is 2. The molecule has 0 spiro atoms. The van der Waals surface area contributed by atoms with Crippen LogP contribution in [-0.4, -0.2) is 34.1 Å². The van der Waals surface area contributed by atoms with Crippen molar-refractivity contribution in [1.82, 2.24) is 14.5 Å². The highest BCUT2D eigenvalue weighted by Crippen LogP contribution is 2.36. The van der Waals surface area contributed by atoms with Crippen LogP contribution in [0.25, 0.3) is 0 Å². The molecule has 1 aliphatic heterocycles.